The molecule has 1 aromatic rings. The Hall–Kier alpha value is -2.48. The topological polar surface area (TPSA) is 87.2 Å². The van der Waals surface area contributed by atoms with Crippen molar-refractivity contribution in [3.05, 3.63) is 29.6 Å². The van der Waals surface area contributed by atoms with Crippen molar-refractivity contribution in [1.29, 1.82) is 0 Å². The molecule has 28 heavy (non-hydrogen) atoms. The van der Waals surface area contributed by atoms with Crippen molar-refractivity contribution >= 4 is 17.7 Å². The van der Waals surface area contributed by atoms with Crippen molar-refractivity contribution in [3.63, 3.8) is 0 Å². The molecule has 0 unspecified atom stereocenters. The minimum Gasteiger partial charge on any atom is -0.494 e. The normalized spacial score (nSPS) is 14.9. The molecule has 1 fully saturated rings. The van der Waals surface area contributed by atoms with Crippen molar-refractivity contribution in [1.82, 2.24) is 9.80 Å². The van der Waals surface area contributed by atoms with E-state index in [1.54, 1.807) is 4.90 Å². The molecule has 0 aromatic heterocycles. The van der Waals surface area contributed by atoms with Crippen LogP contribution in [0.4, 0.5) is 4.39 Å². The molecule has 0 bridgehead atoms. The first-order valence-electron chi connectivity index (χ1n) is 9.46. The van der Waals surface area contributed by atoms with Crippen LogP contribution in [0.3, 0.4) is 0 Å². The molecule has 154 valence electrons. The number of hydrogen-bond acceptors (Lipinski definition) is 5. The summed E-state index contributed by atoms with van der Waals surface area (Å²) in [4.78, 5) is 39.2. The minimum absolute atomic E-state index is 0.00202. The van der Waals surface area contributed by atoms with Crippen molar-refractivity contribution in [2.24, 2.45) is 0 Å². The molecular formula is C20H27FN2O5. The number of benzene rings is 1. The molecule has 8 heteroatoms. The summed E-state index contributed by atoms with van der Waals surface area (Å²) in [5.74, 6) is -1.79. The molecule has 7 nitrogen and oxygen atoms in total. The third kappa shape index (κ3) is 5.76. The van der Waals surface area contributed by atoms with Gasteiger partial charge in [0.25, 0.3) is 0 Å². The van der Waals surface area contributed by atoms with Crippen molar-refractivity contribution in [2.75, 3.05) is 33.3 Å². The third-order valence-corrected chi connectivity index (χ3v) is 5.12. The maximum Gasteiger partial charge on any atom is 0.317 e. The standard InChI is InChI=1S/C20H27FN2O5/c1-3-22(13-20(26)27)15-8-10-23(11-9-15)19(25)7-5-17(24)14-4-6-18(28-2)16(21)12-14/h4,6,12,15H,3,5,7-11,13H2,1-2H3,(H,26,27). The molecule has 0 saturated carbocycles. The monoisotopic (exact) mass is 394 g/mol. The molecule has 1 saturated heterocycles. The Bertz CT molecular complexity index is 717. The molecule has 0 atom stereocenters. The van der Waals surface area contributed by atoms with Gasteiger partial charge in [0, 0.05) is 37.5 Å². The van der Waals surface area contributed by atoms with E-state index in [0.717, 1.165) is 6.07 Å². The number of piperidine rings is 1. The number of carbonyl (C=O) groups is 3. The van der Waals surface area contributed by atoms with Crippen LogP contribution in [-0.4, -0.2) is 71.9 Å². The summed E-state index contributed by atoms with van der Waals surface area (Å²) in [7, 11) is 1.35. The van der Waals surface area contributed by atoms with Crippen LogP contribution in [0.1, 0.15) is 43.0 Å². The molecule has 1 aliphatic heterocycles. The van der Waals surface area contributed by atoms with Gasteiger partial charge in [-0.25, -0.2) is 4.39 Å². The van der Waals surface area contributed by atoms with Crippen LogP contribution in [-0.2, 0) is 9.59 Å². The van der Waals surface area contributed by atoms with Gasteiger partial charge in [0.15, 0.2) is 17.3 Å². The van der Waals surface area contributed by atoms with Crippen LogP contribution in [0, 0.1) is 5.82 Å². The molecule has 0 aliphatic carbocycles. The summed E-state index contributed by atoms with van der Waals surface area (Å²) >= 11 is 0. The van der Waals surface area contributed by atoms with E-state index in [9.17, 15) is 18.8 Å². The zero-order valence-corrected chi connectivity index (χ0v) is 16.3. The molecule has 1 heterocycles. The molecule has 1 aliphatic rings. The Morgan fingerprint density at radius 2 is 1.93 bits per heavy atom. The third-order valence-electron chi connectivity index (χ3n) is 5.12. The predicted molar refractivity (Wildman–Crippen MR) is 101 cm³/mol. The number of aliphatic carboxylic acids is 1. The average molecular weight is 394 g/mol. The lowest BCUT2D eigenvalue weighted by Gasteiger charge is -2.37. The number of carboxylic acids is 1. The number of methoxy groups -OCH3 is 1. The quantitative estimate of drug-likeness (QED) is 0.646. The average Bonchev–Trinajstić information content (AvgIpc) is 2.69. The van der Waals surface area contributed by atoms with Crippen LogP contribution >= 0.6 is 0 Å². The van der Waals surface area contributed by atoms with Crippen LogP contribution in [0.25, 0.3) is 0 Å². The lowest BCUT2D eigenvalue weighted by molar-refractivity contribution is -0.140. The zero-order chi connectivity index (χ0) is 20.7. The first-order chi connectivity index (χ1) is 13.3. The highest BCUT2D eigenvalue weighted by atomic mass is 19.1. The second-order valence-corrected chi connectivity index (χ2v) is 6.84. The van der Waals surface area contributed by atoms with E-state index in [4.69, 9.17) is 9.84 Å². The molecular weight excluding hydrogens is 367 g/mol. The lowest BCUT2D eigenvalue weighted by Crippen LogP contribution is -2.48. The van der Waals surface area contributed by atoms with E-state index >= 15 is 0 Å². The second-order valence-electron chi connectivity index (χ2n) is 6.84. The molecule has 1 aromatic carbocycles. The number of carbonyl (C=O) groups excluding carboxylic acids is 2. The van der Waals surface area contributed by atoms with E-state index in [1.165, 1.54) is 19.2 Å². The smallest absolute Gasteiger partial charge is 0.317 e. The largest absolute Gasteiger partial charge is 0.494 e. The number of rotatable bonds is 9. The van der Waals surface area contributed by atoms with Gasteiger partial charge < -0.3 is 14.7 Å². The highest BCUT2D eigenvalue weighted by molar-refractivity contribution is 5.98. The van der Waals surface area contributed by atoms with Crippen molar-refractivity contribution < 1.29 is 28.6 Å². The lowest BCUT2D eigenvalue weighted by atomic mass is 10.0. The Balaban J connectivity index is 1.82. The van der Waals surface area contributed by atoms with Crippen LogP contribution in [0.15, 0.2) is 18.2 Å². The van der Waals surface area contributed by atoms with E-state index in [-0.39, 0.29) is 48.4 Å². The van der Waals surface area contributed by atoms with Crippen molar-refractivity contribution in [3.8, 4) is 5.75 Å². The SMILES string of the molecule is CCN(CC(=O)O)C1CCN(C(=O)CCC(=O)c2ccc(OC)c(F)c2)CC1. The molecule has 1 N–H and O–H groups in total. The molecule has 0 spiro atoms. The Kier molecular flexibility index (Phi) is 7.92. The van der Waals surface area contributed by atoms with Gasteiger partial charge in [-0.15, -0.1) is 0 Å². The number of carboxylic acid groups (broad SMARTS) is 1. The fourth-order valence-corrected chi connectivity index (χ4v) is 3.52. The predicted octanol–water partition coefficient (Wildman–Crippen LogP) is 2.19. The van der Waals surface area contributed by atoms with Gasteiger partial charge in [-0.2, -0.15) is 0 Å². The minimum atomic E-state index is -0.853. The van der Waals surface area contributed by atoms with Crippen LogP contribution in [0.2, 0.25) is 0 Å². The summed E-state index contributed by atoms with van der Waals surface area (Å²) < 4.78 is 18.5. The second kappa shape index (κ2) is 10.2. The number of nitrogens with zero attached hydrogens (tertiary/aromatic N) is 2. The van der Waals surface area contributed by atoms with Gasteiger partial charge in [0.05, 0.1) is 13.7 Å². The highest BCUT2D eigenvalue weighted by Gasteiger charge is 2.27. The number of ketones is 1. The Morgan fingerprint density at radius 3 is 2.46 bits per heavy atom. The summed E-state index contributed by atoms with van der Waals surface area (Å²) in [6, 6.07) is 4.15. The van der Waals surface area contributed by atoms with Gasteiger partial charge in [-0.1, -0.05) is 6.92 Å². The van der Waals surface area contributed by atoms with Gasteiger partial charge in [-0.05, 0) is 37.6 Å². The van der Waals surface area contributed by atoms with Gasteiger partial charge in [0.2, 0.25) is 5.91 Å². The molecule has 0 radical (unpaired) electrons. The van der Waals surface area contributed by atoms with E-state index < -0.39 is 11.8 Å². The Labute approximate surface area is 164 Å². The first kappa shape index (κ1) is 21.8. The number of likely N-dealkylation sites (N-methyl/N-ethyl adjacent to an activating group) is 1. The number of ether oxygens (including phenoxy) is 1. The number of halogens is 1. The van der Waals surface area contributed by atoms with Gasteiger partial charge in [0.1, 0.15) is 0 Å². The summed E-state index contributed by atoms with van der Waals surface area (Å²) in [6.45, 7) is 3.67. The van der Waals surface area contributed by atoms with E-state index in [1.807, 2.05) is 11.8 Å². The fraction of sp³-hybridized carbons (Fsp3) is 0.550. The van der Waals surface area contributed by atoms with Crippen molar-refractivity contribution in [2.45, 2.75) is 38.6 Å². The van der Waals surface area contributed by atoms with Crippen LogP contribution < -0.4 is 4.74 Å². The zero-order valence-electron chi connectivity index (χ0n) is 16.3. The van der Waals surface area contributed by atoms with Gasteiger partial charge in [-0.3, -0.25) is 19.3 Å². The number of Topliss-reactive ketones (excluding diaryl/α,β-unsaturated/α-hetero) is 1. The Morgan fingerprint density at radius 1 is 1.25 bits per heavy atom. The summed E-state index contributed by atoms with van der Waals surface area (Å²) in [6.07, 6.45) is 1.52. The van der Waals surface area contributed by atoms with Crippen LogP contribution in [0.5, 0.6) is 5.75 Å². The summed E-state index contributed by atoms with van der Waals surface area (Å²) in [5.41, 5.74) is 0.220. The maximum absolute atomic E-state index is 13.7. The van der Waals surface area contributed by atoms with E-state index in [2.05, 4.69) is 0 Å². The first-order valence-corrected chi connectivity index (χ1v) is 9.46. The number of likely N-dealkylation sites (tertiary alicyclic amines) is 1. The molecule has 1 amide bonds. The highest BCUT2D eigenvalue weighted by Crippen LogP contribution is 2.20. The summed E-state index contributed by atoms with van der Waals surface area (Å²) in [5, 5.41) is 8.98. The van der Waals surface area contributed by atoms with Gasteiger partial charge >= 0.3 is 5.97 Å². The molecule has 2 rings (SSSR count). The maximum atomic E-state index is 13.7. The number of hydrogen-bond donors (Lipinski definition) is 1. The van der Waals surface area contributed by atoms with E-state index in [0.29, 0.717) is 32.5 Å². The fourth-order valence-electron chi connectivity index (χ4n) is 3.52. The number of amides is 1.